The molecule has 2 nitrogen and oxygen atoms in total. The van der Waals surface area contributed by atoms with Crippen molar-refractivity contribution in [2.75, 3.05) is 26.2 Å². The molecule has 0 atom stereocenters. The molecule has 1 saturated heterocycles. The Morgan fingerprint density at radius 3 is 2.76 bits per heavy atom. The number of nitrogens with one attached hydrogen (secondary N) is 1. The van der Waals surface area contributed by atoms with Crippen LogP contribution in [0, 0.1) is 5.82 Å². The summed E-state index contributed by atoms with van der Waals surface area (Å²) in [6, 6.07) is 5.27. The third-order valence-electron chi connectivity index (χ3n) is 3.12. The molecular weight excluding hydrogens is 283 g/mol. The average molecular weight is 301 g/mol. The molecule has 1 aromatic carbocycles. The summed E-state index contributed by atoms with van der Waals surface area (Å²) in [5.74, 6) is -0.191. The normalized spacial score (nSPS) is 16.6. The van der Waals surface area contributed by atoms with Crippen LogP contribution in [0.3, 0.4) is 0 Å². The van der Waals surface area contributed by atoms with Crippen molar-refractivity contribution in [3.05, 3.63) is 34.1 Å². The highest BCUT2D eigenvalue weighted by molar-refractivity contribution is 9.10. The second-order valence-electron chi connectivity index (χ2n) is 4.47. The van der Waals surface area contributed by atoms with Gasteiger partial charge in [0.15, 0.2) is 0 Å². The summed E-state index contributed by atoms with van der Waals surface area (Å²) < 4.78 is 13.8. The zero-order chi connectivity index (χ0) is 12.1. The van der Waals surface area contributed by atoms with Gasteiger partial charge in [-0.25, -0.2) is 4.39 Å². The number of rotatable bonds is 5. The van der Waals surface area contributed by atoms with Crippen LogP contribution in [0.15, 0.2) is 22.7 Å². The third kappa shape index (κ3) is 4.05. The van der Waals surface area contributed by atoms with Crippen LogP contribution in [0.1, 0.15) is 18.4 Å². The van der Waals surface area contributed by atoms with Gasteiger partial charge in [0, 0.05) is 19.6 Å². The molecule has 1 fully saturated rings. The Morgan fingerprint density at radius 2 is 2.06 bits per heavy atom. The predicted octanol–water partition coefficient (Wildman–Crippen LogP) is 2.77. The number of halogens is 2. The molecule has 1 heterocycles. The van der Waals surface area contributed by atoms with Gasteiger partial charge in [-0.3, -0.25) is 0 Å². The van der Waals surface area contributed by atoms with E-state index in [9.17, 15) is 4.39 Å². The number of hydrogen-bond acceptors (Lipinski definition) is 2. The van der Waals surface area contributed by atoms with Gasteiger partial charge in [-0.05, 0) is 59.6 Å². The van der Waals surface area contributed by atoms with E-state index in [1.54, 1.807) is 12.1 Å². The Bertz CT molecular complexity index is 364. The van der Waals surface area contributed by atoms with E-state index < -0.39 is 0 Å². The van der Waals surface area contributed by atoms with E-state index in [4.69, 9.17) is 0 Å². The van der Waals surface area contributed by atoms with Gasteiger partial charge in [0.25, 0.3) is 0 Å². The number of hydrogen-bond donors (Lipinski definition) is 1. The van der Waals surface area contributed by atoms with Gasteiger partial charge in [-0.15, -0.1) is 0 Å². The molecule has 17 heavy (non-hydrogen) atoms. The fraction of sp³-hybridized carbons (Fsp3) is 0.538. The van der Waals surface area contributed by atoms with Gasteiger partial charge < -0.3 is 10.2 Å². The lowest BCUT2D eigenvalue weighted by molar-refractivity contribution is 0.335. The van der Waals surface area contributed by atoms with Crippen molar-refractivity contribution < 1.29 is 4.39 Å². The van der Waals surface area contributed by atoms with Gasteiger partial charge in [0.2, 0.25) is 0 Å². The van der Waals surface area contributed by atoms with Crippen molar-refractivity contribution in [2.45, 2.75) is 19.4 Å². The Labute approximate surface area is 110 Å². The fourth-order valence-electron chi connectivity index (χ4n) is 2.13. The molecule has 0 amide bonds. The molecule has 0 aromatic heterocycles. The monoisotopic (exact) mass is 300 g/mol. The van der Waals surface area contributed by atoms with E-state index in [1.165, 1.54) is 25.9 Å². The predicted molar refractivity (Wildman–Crippen MR) is 71.5 cm³/mol. The molecule has 0 unspecified atom stereocenters. The number of nitrogens with zero attached hydrogens (tertiary/aromatic N) is 1. The summed E-state index contributed by atoms with van der Waals surface area (Å²) in [5.41, 5.74) is 0.993. The standard InChI is InChI=1S/C13H18BrFN2/c14-12-4-3-11(9-13(12)15)10-16-5-8-17-6-1-2-7-17/h3-4,9,16H,1-2,5-8,10H2. The SMILES string of the molecule is Fc1cc(CNCCN2CCCC2)ccc1Br. The summed E-state index contributed by atoms with van der Waals surface area (Å²) in [7, 11) is 0. The first-order valence-electron chi connectivity index (χ1n) is 6.13. The maximum atomic E-state index is 13.3. The van der Waals surface area contributed by atoms with Crippen LogP contribution in [-0.2, 0) is 6.54 Å². The van der Waals surface area contributed by atoms with E-state index >= 15 is 0 Å². The van der Waals surface area contributed by atoms with Crippen LogP contribution in [-0.4, -0.2) is 31.1 Å². The molecule has 1 aliphatic rings. The van der Waals surface area contributed by atoms with Gasteiger partial charge in [-0.1, -0.05) is 6.07 Å². The summed E-state index contributed by atoms with van der Waals surface area (Å²) in [6.07, 6.45) is 2.66. The molecule has 1 aliphatic heterocycles. The molecule has 0 aliphatic carbocycles. The quantitative estimate of drug-likeness (QED) is 0.841. The van der Waals surface area contributed by atoms with Crippen LogP contribution >= 0.6 is 15.9 Å². The second kappa shape index (κ2) is 6.47. The minimum absolute atomic E-state index is 0.191. The van der Waals surface area contributed by atoms with Crippen molar-refractivity contribution in [1.82, 2.24) is 10.2 Å². The first-order valence-corrected chi connectivity index (χ1v) is 6.92. The first kappa shape index (κ1) is 13.0. The molecule has 94 valence electrons. The van der Waals surface area contributed by atoms with Crippen molar-refractivity contribution >= 4 is 15.9 Å². The van der Waals surface area contributed by atoms with Gasteiger partial charge in [0.1, 0.15) is 5.82 Å². The molecule has 0 bridgehead atoms. The van der Waals surface area contributed by atoms with Gasteiger partial charge in [0.05, 0.1) is 4.47 Å². The highest BCUT2D eigenvalue weighted by Crippen LogP contribution is 2.16. The summed E-state index contributed by atoms with van der Waals surface area (Å²) >= 11 is 3.15. The van der Waals surface area contributed by atoms with Crippen molar-refractivity contribution in [3.8, 4) is 0 Å². The number of benzene rings is 1. The minimum atomic E-state index is -0.191. The minimum Gasteiger partial charge on any atom is -0.311 e. The molecular formula is C13H18BrFN2. The van der Waals surface area contributed by atoms with Crippen LogP contribution < -0.4 is 5.32 Å². The lowest BCUT2D eigenvalue weighted by atomic mass is 10.2. The molecule has 1 N–H and O–H groups in total. The van der Waals surface area contributed by atoms with E-state index in [0.29, 0.717) is 4.47 Å². The molecule has 0 radical (unpaired) electrons. The number of likely N-dealkylation sites (tertiary alicyclic amines) is 1. The lowest BCUT2D eigenvalue weighted by Gasteiger charge is -2.14. The Balaban J connectivity index is 1.68. The van der Waals surface area contributed by atoms with Crippen molar-refractivity contribution in [1.29, 1.82) is 0 Å². The third-order valence-corrected chi connectivity index (χ3v) is 3.76. The van der Waals surface area contributed by atoms with Crippen molar-refractivity contribution in [3.63, 3.8) is 0 Å². The molecule has 0 saturated carbocycles. The van der Waals surface area contributed by atoms with Crippen LogP contribution in [0.5, 0.6) is 0 Å². The summed E-state index contributed by atoms with van der Waals surface area (Å²) in [5, 5.41) is 3.35. The smallest absolute Gasteiger partial charge is 0.137 e. The van der Waals surface area contributed by atoms with E-state index in [-0.39, 0.29) is 5.82 Å². The Hall–Kier alpha value is -0.450. The fourth-order valence-corrected chi connectivity index (χ4v) is 2.37. The van der Waals surface area contributed by atoms with E-state index in [0.717, 1.165) is 25.2 Å². The zero-order valence-corrected chi connectivity index (χ0v) is 11.5. The average Bonchev–Trinajstić information content (AvgIpc) is 2.82. The summed E-state index contributed by atoms with van der Waals surface area (Å²) in [6.45, 7) is 5.26. The molecule has 0 spiro atoms. The maximum Gasteiger partial charge on any atom is 0.137 e. The maximum absolute atomic E-state index is 13.3. The van der Waals surface area contributed by atoms with E-state index in [1.807, 2.05) is 6.07 Å². The van der Waals surface area contributed by atoms with Crippen LogP contribution in [0.2, 0.25) is 0 Å². The first-order chi connectivity index (χ1) is 8.25. The van der Waals surface area contributed by atoms with Gasteiger partial charge >= 0.3 is 0 Å². The lowest BCUT2D eigenvalue weighted by Crippen LogP contribution is -2.29. The summed E-state index contributed by atoms with van der Waals surface area (Å²) in [4.78, 5) is 2.47. The molecule has 4 heteroatoms. The largest absolute Gasteiger partial charge is 0.311 e. The highest BCUT2D eigenvalue weighted by Gasteiger charge is 2.09. The van der Waals surface area contributed by atoms with Gasteiger partial charge in [-0.2, -0.15) is 0 Å². The van der Waals surface area contributed by atoms with E-state index in [2.05, 4.69) is 26.1 Å². The topological polar surface area (TPSA) is 15.3 Å². The molecule has 1 aromatic rings. The van der Waals surface area contributed by atoms with Crippen LogP contribution in [0.4, 0.5) is 4.39 Å². The zero-order valence-electron chi connectivity index (χ0n) is 9.88. The molecule has 2 rings (SSSR count). The Kier molecular flexibility index (Phi) is 4.95. The van der Waals surface area contributed by atoms with Crippen LogP contribution in [0.25, 0.3) is 0 Å². The highest BCUT2D eigenvalue weighted by atomic mass is 79.9. The van der Waals surface area contributed by atoms with Crippen molar-refractivity contribution in [2.24, 2.45) is 0 Å². The Morgan fingerprint density at radius 1 is 1.29 bits per heavy atom. The second-order valence-corrected chi connectivity index (χ2v) is 5.33.